The van der Waals surface area contributed by atoms with Gasteiger partial charge in [-0.05, 0) is 70.9 Å². The summed E-state index contributed by atoms with van der Waals surface area (Å²) in [6, 6.07) is 38.9. The van der Waals surface area contributed by atoms with E-state index in [-0.39, 0.29) is 11.1 Å². The number of methoxy groups -OCH3 is 1. The molecule has 260 valence electrons. The normalized spacial score (nSPS) is 27.7. The third-order valence-corrected chi connectivity index (χ3v) is 17.1. The Hall–Kier alpha value is -3.79. The standard InChI is InChI=1S/C42H46O6SSi/c1-39(2,3)50(34-18-11-7-12-19-34,35-20-13-8-14-21-35)48-38-30-37-40(4,49-33-16-9-6-10-17-33)42(43,36-22-15-28-46-36)41(38,47-37)27-29-45-32-25-23-31(44-5)24-26-32/h6-14,16-27,29,37-38,43H,15,28,30H2,1-5H3/b29-27+/t37-,38-,40-,41+,42+/m1/s1. The third-order valence-electron chi connectivity index (χ3n) is 10.6. The highest BCUT2D eigenvalue weighted by Crippen LogP contribution is 2.66. The summed E-state index contributed by atoms with van der Waals surface area (Å²) >= 11 is 1.63. The zero-order chi connectivity index (χ0) is 35.0. The van der Waals surface area contributed by atoms with Gasteiger partial charge in [-0.25, -0.2) is 0 Å². The molecule has 2 fully saturated rings. The van der Waals surface area contributed by atoms with Gasteiger partial charge >= 0.3 is 0 Å². The van der Waals surface area contributed by atoms with Crippen molar-refractivity contribution in [2.24, 2.45) is 0 Å². The summed E-state index contributed by atoms with van der Waals surface area (Å²) in [5.41, 5.74) is -2.97. The first-order chi connectivity index (χ1) is 24.1. The van der Waals surface area contributed by atoms with Crippen LogP contribution in [-0.4, -0.2) is 55.3 Å². The van der Waals surface area contributed by atoms with Gasteiger partial charge in [0.1, 0.15) is 17.3 Å². The third kappa shape index (κ3) is 5.53. The lowest BCUT2D eigenvalue weighted by Gasteiger charge is -2.54. The minimum Gasteiger partial charge on any atom is -0.497 e. The summed E-state index contributed by atoms with van der Waals surface area (Å²) in [5, 5.41) is 15.7. The maximum Gasteiger partial charge on any atom is 0.261 e. The van der Waals surface area contributed by atoms with Crippen LogP contribution >= 0.6 is 11.8 Å². The highest BCUT2D eigenvalue weighted by atomic mass is 32.2. The van der Waals surface area contributed by atoms with Crippen LogP contribution in [0, 0.1) is 0 Å². The van der Waals surface area contributed by atoms with Crippen molar-refractivity contribution in [3.63, 3.8) is 0 Å². The first kappa shape index (κ1) is 34.6. The van der Waals surface area contributed by atoms with Gasteiger partial charge in [0.05, 0.1) is 36.9 Å². The van der Waals surface area contributed by atoms with Crippen molar-refractivity contribution >= 4 is 30.5 Å². The molecular formula is C42H46O6SSi. The molecule has 3 aliphatic rings. The Labute approximate surface area is 301 Å². The number of hydrogen-bond acceptors (Lipinski definition) is 7. The Balaban J connectivity index is 1.40. The largest absolute Gasteiger partial charge is 0.497 e. The molecular weight excluding hydrogens is 661 g/mol. The second-order valence-corrected chi connectivity index (χ2v) is 20.2. The zero-order valence-electron chi connectivity index (χ0n) is 29.4. The molecule has 7 rings (SSSR count). The van der Waals surface area contributed by atoms with E-state index in [9.17, 15) is 5.11 Å². The molecule has 5 atom stereocenters. The van der Waals surface area contributed by atoms with Crippen LogP contribution in [0.1, 0.15) is 40.5 Å². The summed E-state index contributed by atoms with van der Waals surface area (Å²) in [6.07, 6.45) is 5.91. The molecule has 0 amide bonds. The molecule has 0 aromatic heterocycles. The Kier molecular flexibility index (Phi) is 9.28. The van der Waals surface area contributed by atoms with E-state index >= 15 is 0 Å². The predicted octanol–water partition coefficient (Wildman–Crippen LogP) is 7.66. The van der Waals surface area contributed by atoms with Gasteiger partial charge in [-0.1, -0.05) is 99.6 Å². The zero-order valence-corrected chi connectivity index (χ0v) is 31.2. The van der Waals surface area contributed by atoms with Gasteiger partial charge < -0.3 is 28.5 Å². The lowest BCUT2D eigenvalue weighted by molar-refractivity contribution is -0.126. The summed E-state index contributed by atoms with van der Waals surface area (Å²) in [7, 11) is -1.44. The topological polar surface area (TPSA) is 66.4 Å². The van der Waals surface area contributed by atoms with Crippen molar-refractivity contribution in [3.8, 4) is 11.5 Å². The van der Waals surface area contributed by atoms with Crippen LogP contribution in [0.25, 0.3) is 0 Å². The van der Waals surface area contributed by atoms with E-state index in [0.29, 0.717) is 31.0 Å². The lowest BCUT2D eigenvalue weighted by atomic mass is 9.65. The maximum atomic E-state index is 13.7. The Bertz CT molecular complexity index is 1790. The molecule has 4 aromatic carbocycles. The van der Waals surface area contributed by atoms with E-state index in [1.54, 1.807) is 25.1 Å². The van der Waals surface area contributed by atoms with Crippen molar-refractivity contribution in [2.75, 3.05) is 13.7 Å². The first-order valence-corrected chi connectivity index (χ1v) is 20.0. The molecule has 1 N–H and O–H groups in total. The number of benzene rings is 4. The van der Waals surface area contributed by atoms with Crippen LogP contribution < -0.4 is 19.8 Å². The van der Waals surface area contributed by atoms with Gasteiger partial charge in [0.25, 0.3) is 8.32 Å². The van der Waals surface area contributed by atoms with Gasteiger partial charge in [0.15, 0.2) is 11.2 Å². The lowest BCUT2D eigenvalue weighted by Crippen LogP contribution is -2.74. The van der Waals surface area contributed by atoms with Gasteiger partial charge in [-0.3, -0.25) is 0 Å². The van der Waals surface area contributed by atoms with E-state index < -0.39 is 30.4 Å². The number of aliphatic hydroxyl groups is 1. The summed E-state index contributed by atoms with van der Waals surface area (Å²) in [5.74, 6) is 1.90. The Morgan fingerprint density at radius 1 is 0.840 bits per heavy atom. The maximum absolute atomic E-state index is 13.7. The molecule has 0 unspecified atom stereocenters. The molecule has 8 heteroatoms. The molecule has 2 saturated heterocycles. The molecule has 0 spiro atoms. The summed E-state index contributed by atoms with van der Waals surface area (Å²) in [4.78, 5) is 1.04. The van der Waals surface area contributed by atoms with E-state index in [1.807, 2.05) is 66.7 Å². The fraction of sp³-hybridized carbons (Fsp3) is 0.333. The highest BCUT2D eigenvalue weighted by Gasteiger charge is 2.80. The molecule has 3 aliphatic heterocycles. The molecule has 3 heterocycles. The monoisotopic (exact) mass is 706 g/mol. The highest BCUT2D eigenvalue weighted by molar-refractivity contribution is 8.00. The smallest absolute Gasteiger partial charge is 0.261 e. The van der Waals surface area contributed by atoms with E-state index in [4.69, 9.17) is 23.4 Å². The fourth-order valence-electron chi connectivity index (χ4n) is 8.16. The Morgan fingerprint density at radius 2 is 1.42 bits per heavy atom. The van der Waals surface area contributed by atoms with Crippen molar-refractivity contribution in [1.29, 1.82) is 0 Å². The van der Waals surface area contributed by atoms with Crippen molar-refractivity contribution < 1.29 is 28.5 Å². The summed E-state index contributed by atoms with van der Waals surface area (Å²) < 4.78 is 32.1. The van der Waals surface area contributed by atoms with Crippen LogP contribution in [0.3, 0.4) is 0 Å². The number of thioether (sulfide) groups is 1. The van der Waals surface area contributed by atoms with Gasteiger partial charge in [-0.2, -0.15) is 0 Å². The number of rotatable bonds is 11. The van der Waals surface area contributed by atoms with Gasteiger partial charge in [0.2, 0.25) is 0 Å². The minimum absolute atomic E-state index is 0.286. The number of fused-ring (bicyclic) bond motifs is 2. The van der Waals surface area contributed by atoms with Crippen LogP contribution in [0.5, 0.6) is 11.5 Å². The first-order valence-electron chi connectivity index (χ1n) is 17.3. The molecule has 0 saturated carbocycles. The number of ether oxygens (including phenoxy) is 4. The quantitative estimate of drug-likeness (QED) is 0.127. The van der Waals surface area contributed by atoms with Crippen molar-refractivity contribution in [1.82, 2.24) is 0 Å². The molecule has 50 heavy (non-hydrogen) atoms. The van der Waals surface area contributed by atoms with Crippen molar-refractivity contribution in [3.05, 3.63) is 139 Å². The molecule has 6 nitrogen and oxygen atoms in total. The predicted molar refractivity (Wildman–Crippen MR) is 202 cm³/mol. The fourth-order valence-corrected chi connectivity index (χ4v) is 14.3. The van der Waals surface area contributed by atoms with Crippen LogP contribution in [-0.2, 0) is 13.9 Å². The Morgan fingerprint density at radius 3 is 1.96 bits per heavy atom. The SMILES string of the molecule is COc1ccc(O/C=C/[C@]23O[C@H](C[C@H]2O[Si](c2ccccc2)(c2ccccc2)C(C)(C)C)[C@@](C)(Sc2ccccc2)[C@@]3(O)C2=CCCO2)cc1. The average molecular weight is 707 g/mol. The van der Waals surface area contributed by atoms with Crippen LogP contribution in [0.2, 0.25) is 5.04 Å². The summed E-state index contributed by atoms with van der Waals surface area (Å²) in [6.45, 7) is 9.42. The minimum atomic E-state index is -3.08. The van der Waals surface area contributed by atoms with Crippen LogP contribution in [0.4, 0.5) is 0 Å². The van der Waals surface area contributed by atoms with E-state index in [0.717, 1.165) is 21.0 Å². The van der Waals surface area contributed by atoms with Crippen molar-refractivity contribution in [2.45, 2.75) is 78.6 Å². The second kappa shape index (κ2) is 13.4. The number of hydrogen-bond donors (Lipinski definition) is 1. The molecule has 2 bridgehead atoms. The second-order valence-electron chi connectivity index (χ2n) is 14.4. The molecule has 4 aromatic rings. The van der Waals surface area contributed by atoms with Crippen LogP contribution in [0.15, 0.2) is 144 Å². The van der Waals surface area contributed by atoms with E-state index in [1.165, 1.54) is 0 Å². The van der Waals surface area contributed by atoms with Gasteiger partial charge in [0, 0.05) is 17.7 Å². The van der Waals surface area contributed by atoms with Gasteiger partial charge in [-0.15, -0.1) is 11.8 Å². The van der Waals surface area contributed by atoms with E-state index in [2.05, 4.69) is 88.4 Å². The molecule has 0 radical (unpaired) electrons. The molecule has 0 aliphatic carbocycles. The average Bonchev–Trinajstić information content (AvgIpc) is 3.84.